The van der Waals surface area contributed by atoms with E-state index in [4.69, 9.17) is 23.2 Å². The minimum absolute atomic E-state index is 0.596. The van der Waals surface area contributed by atoms with Gasteiger partial charge in [-0.25, -0.2) is 0 Å². The Morgan fingerprint density at radius 3 is 2.25 bits per heavy atom. The Kier molecular flexibility index (Phi) is 5.67. The van der Waals surface area contributed by atoms with Gasteiger partial charge in [-0.15, -0.1) is 10.2 Å². The summed E-state index contributed by atoms with van der Waals surface area (Å²) in [7, 11) is 0. The summed E-state index contributed by atoms with van der Waals surface area (Å²) in [5.74, 6) is 1.36. The Morgan fingerprint density at radius 2 is 1.57 bits per heavy atom. The molecule has 7 heteroatoms. The average molecular weight is 427 g/mol. The fraction of sp³-hybridized carbons (Fsp3) is 0.0952. The van der Waals surface area contributed by atoms with Crippen molar-refractivity contribution >= 4 is 35.0 Å². The van der Waals surface area contributed by atoms with Gasteiger partial charge in [0.05, 0.1) is 0 Å². The van der Waals surface area contributed by atoms with Crippen LogP contribution in [0.3, 0.4) is 0 Å². The minimum atomic E-state index is 0.596. The molecule has 0 N–H and O–H groups in total. The first-order chi connectivity index (χ1) is 13.6. The molecule has 0 radical (unpaired) electrons. The van der Waals surface area contributed by atoms with Crippen molar-refractivity contribution in [1.29, 1.82) is 0 Å². The number of hydrogen-bond acceptors (Lipinski definition) is 4. The van der Waals surface area contributed by atoms with Gasteiger partial charge >= 0.3 is 0 Å². The molecule has 0 fully saturated rings. The Labute approximate surface area is 177 Å². The lowest BCUT2D eigenvalue weighted by Crippen LogP contribution is -2.00. The number of rotatable bonds is 5. The number of nitrogens with zero attached hydrogens (tertiary/aromatic N) is 4. The molecule has 2 aromatic carbocycles. The molecule has 0 saturated heterocycles. The third-order valence-electron chi connectivity index (χ3n) is 4.27. The predicted octanol–water partition coefficient (Wildman–Crippen LogP) is 6.24. The standard InChI is InChI=1S/C21H16Cl2N4S/c1-14-5-7-16(8-6-14)27-20(15-9-11-24-12-10-15)25-26-21(27)28-13-17-18(22)3-2-4-19(17)23/h2-12H,13H2,1H3. The van der Waals surface area contributed by atoms with E-state index in [9.17, 15) is 0 Å². The molecule has 0 spiro atoms. The van der Waals surface area contributed by atoms with Crippen LogP contribution >= 0.6 is 35.0 Å². The average Bonchev–Trinajstić information content (AvgIpc) is 3.13. The SMILES string of the molecule is Cc1ccc(-n2c(SCc3c(Cl)cccc3Cl)nnc2-c2ccncc2)cc1. The zero-order valence-corrected chi connectivity index (χ0v) is 17.3. The molecule has 0 atom stereocenters. The summed E-state index contributed by atoms with van der Waals surface area (Å²) in [5.41, 5.74) is 4.03. The van der Waals surface area contributed by atoms with E-state index in [0.29, 0.717) is 15.8 Å². The van der Waals surface area contributed by atoms with E-state index >= 15 is 0 Å². The zero-order chi connectivity index (χ0) is 19.5. The van der Waals surface area contributed by atoms with E-state index in [2.05, 4.69) is 46.4 Å². The summed E-state index contributed by atoms with van der Waals surface area (Å²) < 4.78 is 2.05. The number of pyridine rings is 1. The van der Waals surface area contributed by atoms with Crippen LogP contribution in [0.5, 0.6) is 0 Å². The molecule has 140 valence electrons. The van der Waals surface area contributed by atoms with Crippen molar-refractivity contribution < 1.29 is 0 Å². The minimum Gasteiger partial charge on any atom is -0.270 e. The second kappa shape index (κ2) is 8.35. The van der Waals surface area contributed by atoms with E-state index in [1.807, 2.05) is 34.9 Å². The molecule has 4 aromatic rings. The van der Waals surface area contributed by atoms with Crippen LogP contribution < -0.4 is 0 Å². The molecule has 28 heavy (non-hydrogen) atoms. The van der Waals surface area contributed by atoms with Crippen molar-refractivity contribution in [3.63, 3.8) is 0 Å². The fourth-order valence-corrected chi connectivity index (χ4v) is 4.48. The van der Waals surface area contributed by atoms with E-state index in [1.54, 1.807) is 24.2 Å². The van der Waals surface area contributed by atoms with Gasteiger partial charge < -0.3 is 0 Å². The largest absolute Gasteiger partial charge is 0.270 e. The van der Waals surface area contributed by atoms with Gasteiger partial charge in [0.25, 0.3) is 0 Å². The van der Waals surface area contributed by atoms with Crippen LogP contribution in [0.4, 0.5) is 0 Å². The van der Waals surface area contributed by atoms with E-state index < -0.39 is 0 Å². The Hall–Kier alpha value is -2.34. The molecule has 0 aliphatic carbocycles. The molecule has 0 aliphatic heterocycles. The van der Waals surface area contributed by atoms with Crippen molar-refractivity contribution in [2.75, 3.05) is 0 Å². The summed E-state index contributed by atoms with van der Waals surface area (Å²) in [6, 6.07) is 17.7. The molecular weight excluding hydrogens is 411 g/mol. The molecule has 0 bridgehead atoms. The van der Waals surface area contributed by atoms with Crippen molar-refractivity contribution in [2.24, 2.45) is 0 Å². The Bertz CT molecular complexity index is 1080. The molecule has 0 amide bonds. The summed E-state index contributed by atoms with van der Waals surface area (Å²) in [6.07, 6.45) is 3.50. The van der Waals surface area contributed by atoms with Crippen LogP contribution in [0.1, 0.15) is 11.1 Å². The molecule has 0 unspecified atom stereocenters. The number of aromatic nitrogens is 4. The van der Waals surface area contributed by atoms with E-state index in [0.717, 1.165) is 27.8 Å². The van der Waals surface area contributed by atoms with Crippen LogP contribution in [-0.4, -0.2) is 19.7 Å². The van der Waals surface area contributed by atoms with Crippen molar-refractivity contribution in [2.45, 2.75) is 17.8 Å². The molecule has 4 nitrogen and oxygen atoms in total. The van der Waals surface area contributed by atoms with Crippen LogP contribution in [0.25, 0.3) is 17.1 Å². The number of benzene rings is 2. The van der Waals surface area contributed by atoms with Gasteiger partial charge in [0.1, 0.15) is 0 Å². The van der Waals surface area contributed by atoms with Crippen molar-refractivity contribution in [1.82, 2.24) is 19.7 Å². The highest BCUT2D eigenvalue weighted by atomic mass is 35.5. The van der Waals surface area contributed by atoms with E-state index in [1.165, 1.54) is 5.56 Å². The van der Waals surface area contributed by atoms with Crippen molar-refractivity contribution in [3.8, 4) is 17.1 Å². The predicted molar refractivity (Wildman–Crippen MR) is 115 cm³/mol. The van der Waals surface area contributed by atoms with Gasteiger partial charge in [-0.2, -0.15) is 0 Å². The van der Waals surface area contributed by atoms with Crippen LogP contribution in [0.2, 0.25) is 10.0 Å². The molecule has 4 rings (SSSR count). The second-order valence-corrected chi connectivity index (χ2v) is 7.96. The third-order valence-corrected chi connectivity index (χ3v) is 5.93. The zero-order valence-electron chi connectivity index (χ0n) is 15.0. The smallest absolute Gasteiger partial charge is 0.196 e. The first-order valence-corrected chi connectivity index (χ1v) is 10.4. The molecule has 2 heterocycles. The maximum Gasteiger partial charge on any atom is 0.196 e. The number of hydrogen-bond donors (Lipinski definition) is 0. The summed E-state index contributed by atoms with van der Waals surface area (Å²) in [6.45, 7) is 2.06. The van der Waals surface area contributed by atoms with Gasteiger partial charge in [0.2, 0.25) is 0 Å². The molecule has 2 aromatic heterocycles. The monoisotopic (exact) mass is 426 g/mol. The number of thioether (sulfide) groups is 1. The van der Waals surface area contributed by atoms with Gasteiger partial charge in [0.15, 0.2) is 11.0 Å². The topological polar surface area (TPSA) is 43.6 Å². The normalized spacial score (nSPS) is 11.0. The molecular formula is C21H16Cl2N4S. The highest BCUT2D eigenvalue weighted by Gasteiger charge is 2.17. The summed E-state index contributed by atoms with van der Waals surface area (Å²) in [4.78, 5) is 4.10. The van der Waals surface area contributed by atoms with Gasteiger partial charge in [-0.3, -0.25) is 9.55 Å². The van der Waals surface area contributed by atoms with Gasteiger partial charge in [-0.05, 0) is 48.9 Å². The number of halogens is 2. The van der Waals surface area contributed by atoms with Gasteiger partial charge in [0, 0.05) is 39.4 Å². The Morgan fingerprint density at radius 1 is 0.893 bits per heavy atom. The van der Waals surface area contributed by atoms with Crippen LogP contribution in [0.15, 0.2) is 72.1 Å². The highest BCUT2D eigenvalue weighted by Crippen LogP contribution is 2.33. The van der Waals surface area contributed by atoms with E-state index in [-0.39, 0.29) is 0 Å². The van der Waals surface area contributed by atoms with Crippen LogP contribution in [0, 0.1) is 6.92 Å². The summed E-state index contributed by atoms with van der Waals surface area (Å²) >= 11 is 14.2. The third kappa shape index (κ3) is 3.92. The Balaban J connectivity index is 1.75. The molecule has 0 aliphatic rings. The molecule has 0 saturated carbocycles. The lowest BCUT2D eigenvalue weighted by molar-refractivity contribution is 0.885. The van der Waals surface area contributed by atoms with Crippen LogP contribution in [-0.2, 0) is 5.75 Å². The highest BCUT2D eigenvalue weighted by molar-refractivity contribution is 7.98. The van der Waals surface area contributed by atoms with Gasteiger partial charge in [-0.1, -0.05) is 58.7 Å². The van der Waals surface area contributed by atoms with Crippen molar-refractivity contribution in [3.05, 3.63) is 88.2 Å². The second-order valence-electron chi connectivity index (χ2n) is 6.20. The maximum atomic E-state index is 6.32. The first kappa shape index (κ1) is 19.0. The lowest BCUT2D eigenvalue weighted by atomic mass is 10.2. The first-order valence-electron chi connectivity index (χ1n) is 8.62. The number of aryl methyl sites for hydroxylation is 1. The lowest BCUT2D eigenvalue weighted by Gasteiger charge is -2.11. The maximum absolute atomic E-state index is 6.32. The summed E-state index contributed by atoms with van der Waals surface area (Å²) in [5, 5.41) is 10.9. The quantitative estimate of drug-likeness (QED) is 0.354. The fourth-order valence-electron chi connectivity index (χ4n) is 2.78.